The number of hydrogen-bond donors (Lipinski definition) is 0. The number of rotatable bonds is 2. The smallest absolute Gasteiger partial charge is 0.325 e. The van der Waals surface area contributed by atoms with E-state index in [-0.39, 0.29) is 5.97 Å². The topological polar surface area (TPSA) is 38.8 Å². The lowest BCUT2D eigenvalue weighted by molar-refractivity contribution is -0.155. The van der Waals surface area contributed by atoms with E-state index in [1.54, 1.807) is 0 Å². The number of carbonyl (C=O) groups is 1. The lowest BCUT2D eigenvalue weighted by Gasteiger charge is -2.38. The third-order valence-corrected chi connectivity index (χ3v) is 2.49. The monoisotopic (exact) mass is 187 g/mol. The Morgan fingerprint density at radius 2 is 1.92 bits per heavy atom. The second-order valence-corrected chi connectivity index (χ2v) is 3.65. The second kappa shape index (κ2) is 4.07. The van der Waals surface area contributed by atoms with Crippen molar-refractivity contribution < 1.29 is 14.3 Å². The Morgan fingerprint density at radius 3 is 2.38 bits per heavy atom. The summed E-state index contributed by atoms with van der Waals surface area (Å²) in [6.45, 7) is 6.74. The zero-order valence-electron chi connectivity index (χ0n) is 8.50. The van der Waals surface area contributed by atoms with Gasteiger partial charge in [0, 0.05) is 13.1 Å². The minimum atomic E-state index is -0.529. The molecule has 1 aliphatic heterocycles. The van der Waals surface area contributed by atoms with Crippen LogP contribution in [0.15, 0.2) is 0 Å². The van der Waals surface area contributed by atoms with Gasteiger partial charge in [-0.3, -0.25) is 9.69 Å². The summed E-state index contributed by atoms with van der Waals surface area (Å²) in [5.41, 5.74) is -0.529. The van der Waals surface area contributed by atoms with Crippen LogP contribution in [0, 0.1) is 0 Å². The number of ether oxygens (including phenoxy) is 2. The maximum Gasteiger partial charge on any atom is 0.325 e. The van der Waals surface area contributed by atoms with E-state index >= 15 is 0 Å². The summed E-state index contributed by atoms with van der Waals surface area (Å²) in [4.78, 5) is 13.5. The SMILES string of the molecule is COC(=O)C(C)(C)N1CCOCC1. The van der Waals surface area contributed by atoms with E-state index in [0.717, 1.165) is 13.1 Å². The second-order valence-electron chi connectivity index (χ2n) is 3.65. The van der Waals surface area contributed by atoms with Gasteiger partial charge >= 0.3 is 5.97 Å². The molecule has 4 heteroatoms. The lowest BCUT2D eigenvalue weighted by Crippen LogP contribution is -2.54. The van der Waals surface area contributed by atoms with Gasteiger partial charge in [-0.15, -0.1) is 0 Å². The number of hydrogen-bond acceptors (Lipinski definition) is 4. The maximum absolute atomic E-state index is 11.4. The number of methoxy groups -OCH3 is 1. The largest absolute Gasteiger partial charge is 0.468 e. The third-order valence-electron chi connectivity index (χ3n) is 2.49. The Balaban J connectivity index is 2.60. The number of morpholine rings is 1. The molecule has 0 aliphatic carbocycles. The molecular weight excluding hydrogens is 170 g/mol. The zero-order valence-corrected chi connectivity index (χ0v) is 8.50. The fourth-order valence-corrected chi connectivity index (χ4v) is 1.50. The molecule has 0 aromatic rings. The van der Waals surface area contributed by atoms with Gasteiger partial charge in [-0.1, -0.05) is 0 Å². The molecule has 0 N–H and O–H groups in total. The first-order chi connectivity index (χ1) is 6.09. The molecule has 1 aliphatic rings. The van der Waals surface area contributed by atoms with Gasteiger partial charge in [-0.25, -0.2) is 0 Å². The first-order valence-electron chi connectivity index (χ1n) is 4.50. The van der Waals surface area contributed by atoms with Gasteiger partial charge in [0.15, 0.2) is 0 Å². The molecule has 0 bridgehead atoms. The van der Waals surface area contributed by atoms with E-state index in [4.69, 9.17) is 9.47 Å². The predicted octanol–water partition coefficient (Wildman–Crippen LogP) is 0.270. The third kappa shape index (κ3) is 2.19. The normalized spacial score (nSPS) is 19.9. The number of carbonyl (C=O) groups excluding carboxylic acids is 1. The molecule has 0 spiro atoms. The average molecular weight is 187 g/mol. The van der Waals surface area contributed by atoms with E-state index in [2.05, 4.69) is 4.90 Å². The summed E-state index contributed by atoms with van der Waals surface area (Å²) in [5, 5.41) is 0. The molecule has 0 atom stereocenters. The van der Waals surface area contributed by atoms with Gasteiger partial charge in [-0.2, -0.15) is 0 Å². The molecule has 0 saturated carbocycles. The van der Waals surface area contributed by atoms with Crippen LogP contribution in [-0.2, 0) is 14.3 Å². The zero-order chi connectivity index (χ0) is 9.90. The maximum atomic E-state index is 11.4. The first kappa shape index (κ1) is 10.5. The van der Waals surface area contributed by atoms with E-state index < -0.39 is 5.54 Å². The molecule has 76 valence electrons. The standard InChI is InChI=1S/C9H17NO3/c1-9(2,8(11)12-3)10-4-6-13-7-5-10/h4-7H2,1-3H3. The van der Waals surface area contributed by atoms with Crippen LogP contribution in [0.3, 0.4) is 0 Å². The van der Waals surface area contributed by atoms with Crippen LogP contribution < -0.4 is 0 Å². The Labute approximate surface area is 78.8 Å². The molecule has 0 amide bonds. The molecule has 1 rings (SSSR count). The quantitative estimate of drug-likeness (QED) is 0.582. The Hall–Kier alpha value is -0.610. The van der Waals surface area contributed by atoms with Crippen LogP contribution >= 0.6 is 0 Å². The Morgan fingerprint density at radius 1 is 1.38 bits per heavy atom. The summed E-state index contributed by atoms with van der Waals surface area (Å²) in [5.74, 6) is -0.186. The van der Waals surface area contributed by atoms with Gasteiger partial charge < -0.3 is 9.47 Å². The van der Waals surface area contributed by atoms with Crippen molar-refractivity contribution in [1.82, 2.24) is 4.90 Å². The fourth-order valence-electron chi connectivity index (χ4n) is 1.50. The molecule has 0 unspecified atom stereocenters. The van der Waals surface area contributed by atoms with Crippen LogP contribution in [0.4, 0.5) is 0 Å². The van der Waals surface area contributed by atoms with E-state index in [1.165, 1.54) is 7.11 Å². The lowest BCUT2D eigenvalue weighted by atomic mass is 10.0. The Kier molecular flexibility index (Phi) is 3.27. The van der Waals surface area contributed by atoms with Gasteiger partial charge in [0.25, 0.3) is 0 Å². The van der Waals surface area contributed by atoms with Crippen molar-refractivity contribution in [3.63, 3.8) is 0 Å². The van der Waals surface area contributed by atoms with Crippen LogP contribution in [0.5, 0.6) is 0 Å². The van der Waals surface area contributed by atoms with Crippen molar-refractivity contribution >= 4 is 5.97 Å². The number of nitrogens with zero attached hydrogens (tertiary/aromatic N) is 1. The number of esters is 1. The van der Waals surface area contributed by atoms with Crippen molar-refractivity contribution in [1.29, 1.82) is 0 Å². The van der Waals surface area contributed by atoms with E-state index in [1.807, 2.05) is 13.8 Å². The van der Waals surface area contributed by atoms with Gasteiger partial charge in [0.05, 0.1) is 20.3 Å². The molecular formula is C9H17NO3. The van der Waals surface area contributed by atoms with Crippen molar-refractivity contribution in [3.05, 3.63) is 0 Å². The van der Waals surface area contributed by atoms with Crippen LogP contribution in [0.25, 0.3) is 0 Å². The molecule has 1 saturated heterocycles. The van der Waals surface area contributed by atoms with Crippen LogP contribution in [-0.4, -0.2) is 49.8 Å². The first-order valence-corrected chi connectivity index (χ1v) is 4.50. The van der Waals surface area contributed by atoms with Crippen molar-refractivity contribution in [2.45, 2.75) is 19.4 Å². The highest BCUT2D eigenvalue weighted by Crippen LogP contribution is 2.17. The predicted molar refractivity (Wildman–Crippen MR) is 48.5 cm³/mol. The van der Waals surface area contributed by atoms with Gasteiger partial charge in [0.1, 0.15) is 5.54 Å². The van der Waals surface area contributed by atoms with Crippen LogP contribution in [0.2, 0.25) is 0 Å². The highest BCUT2D eigenvalue weighted by atomic mass is 16.5. The molecule has 13 heavy (non-hydrogen) atoms. The summed E-state index contributed by atoms with van der Waals surface area (Å²) in [6, 6.07) is 0. The van der Waals surface area contributed by atoms with Crippen molar-refractivity contribution in [2.24, 2.45) is 0 Å². The molecule has 1 fully saturated rings. The van der Waals surface area contributed by atoms with E-state index in [0.29, 0.717) is 13.2 Å². The molecule has 0 radical (unpaired) electrons. The van der Waals surface area contributed by atoms with Gasteiger partial charge in [0.2, 0.25) is 0 Å². The highest BCUT2D eigenvalue weighted by molar-refractivity contribution is 5.79. The molecule has 1 heterocycles. The summed E-state index contributed by atoms with van der Waals surface area (Å²) in [7, 11) is 1.42. The minimum Gasteiger partial charge on any atom is -0.468 e. The Bertz CT molecular complexity index is 185. The van der Waals surface area contributed by atoms with Crippen molar-refractivity contribution in [2.75, 3.05) is 33.4 Å². The molecule has 0 aromatic heterocycles. The molecule has 4 nitrogen and oxygen atoms in total. The van der Waals surface area contributed by atoms with Gasteiger partial charge in [-0.05, 0) is 13.8 Å². The molecule has 0 aromatic carbocycles. The summed E-state index contributed by atoms with van der Waals surface area (Å²) < 4.78 is 9.96. The van der Waals surface area contributed by atoms with E-state index in [9.17, 15) is 4.79 Å². The average Bonchev–Trinajstić information content (AvgIpc) is 2.18. The minimum absolute atomic E-state index is 0.186. The van der Waals surface area contributed by atoms with Crippen molar-refractivity contribution in [3.8, 4) is 0 Å². The fraction of sp³-hybridized carbons (Fsp3) is 0.889. The van der Waals surface area contributed by atoms with Crippen LogP contribution in [0.1, 0.15) is 13.8 Å². The highest BCUT2D eigenvalue weighted by Gasteiger charge is 2.36. The summed E-state index contributed by atoms with van der Waals surface area (Å²) >= 11 is 0. The summed E-state index contributed by atoms with van der Waals surface area (Å²) in [6.07, 6.45) is 0.